The summed E-state index contributed by atoms with van der Waals surface area (Å²) in [5, 5.41) is 2.49. The lowest BCUT2D eigenvalue weighted by Crippen LogP contribution is -2.36. The third kappa shape index (κ3) is 2.49. The molecule has 6 heteroatoms. The van der Waals surface area contributed by atoms with Crippen LogP contribution in [0.2, 0.25) is 0 Å². The van der Waals surface area contributed by atoms with Crippen molar-refractivity contribution in [3.63, 3.8) is 0 Å². The van der Waals surface area contributed by atoms with Gasteiger partial charge in [-0.25, -0.2) is 4.98 Å². The fourth-order valence-corrected chi connectivity index (χ4v) is 3.77. The first kappa shape index (κ1) is 15.0. The molecule has 0 saturated carbocycles. The lowest BCUT2D eigenvalue weighted by atomic mass is 10.0. The number of thiazole rings is 1. The second-order valence-electron chi connectivity index (χ2n) is 5.54. The number of aromatic nitrogens is 1. The fraction of sp³-hybridized carbons (Fsp3) is 0.222. The Labute approximate surface area is 143 Å². The molecule has 0 fully saturated rings. The molecule has 0 saturated heterocycles. The highest BCUT2D eigenvalue weighted by molar-refractivity contribution is 7.13. The molecule has 0 aliphatic carbocycles. The highest BCUT2D eigenvalue weighted by Gasteiger charge is 2.28. The number of benzene rings is 1. The van der Waals surface area contributed by atoms with E-state index in [0.29, 0.717) is 23.0 Å². The topological polar surface area (TPSA) is 55.6 Å². The lowest BCUT2D eigenvalue weighted by Gasteiger charge is -2.30. The van der Waals surface area contributed by atoms with Crippen molar-refractivity contribution in [1.29, 1.82) is 0 Å². The van der Waals surface area contributed by atoms with Crippen LogP contribution in [0.4, 0.5) is 5.69 Å². The minimum Gasteiger partial charge on any atom is -0.495 e. The predicted molar refractivity (Wildman–Crippen MR) is 92.8 cm³/mol. The predicted octanol–water partition coefficient (Wildman–Crippen LogP) is 4.00. The number of anilines is 1. The van der Waals surface area contributed by atoms with Gasteiger partial charge < -0.3 is 14.1 Å². The molecule has 0 atom stereocenters. The first-order chi connectivity index (χ1) is 11.8. The number of rotatable bonds is 3. The summed E-state index contributed by atoms with van der Waals surface area (Å²) < 4.78 is 10.8. The van der Waals surface area contributed by atoms with Crippen LogP contribution in [0.25, 0.3) is 10.8 Å². The summed E-state index contributed by atoms with van der Waals surface area (Å²) in [6, 6.07) is 9.55. The van der Waals surface area contributed by atoms with Crippen molar-refractivity contribution in [2.24, 2.45) is 0 Å². The molecule has 1 aromatic carbocycles. The molecule has 1 aliphatic heterocycles. The SMILES string of the molecule is COc1cccc2c1N(C(=O)c1csc(-c3ccco3)n1)CCC2. The zero-order valence-corrected chi connectivity index (χ0v) is 14.0. The average Bonchev–Trinajstić information content (AvgIpc) is 3.31. The Morgan fingerprint density at radius 2 is 2.25 bits per heavy atom. The lowest BCUT2D eigenvalue weighted by molar-refractivity contribution is 0.0980. The average molecular weight is 340 g/mol. The van der Waals surface area contributed by atoms with Crippen LogP contribution in [0.5, 0.6) is 5.75 Å². The number of carbonyl (C=O) groups excluding carboxylic acids is 1. The number of carbonyl (C=O) groups is 1. The molecule has 2 aromatic heterocycles. The number of methoxy groups -OCH3 is 1. The molecule has 0 unspecified atom stereocenters. The van der Waals surface area contributed by atoms with Gasteiger partial charge in [0, 0.05) is 11.9 Å². The monoisotopic (exact) mass is 340 g/mol. The second kappa shape index (κ2) is 6.13. The van der Waals surface area contributed by atoms with Crippen molar-refractivity contribution < 1.29 is 13.9 Å². The van der Waals surface area contributed by atoms with Gasteiger partial charge in [-0.15, -0.1) is 11.3 Å². The van der Waals surface area contributed by atoms with Crippen molar-refractivity contribution in [2.75, 3.05) is 18.6 Å². The second-order valence-corrected chi connectivity index (χ2v) is 6.40. The van der Waals surface area contributed by atoms with Gasteiger partial charge >= 0.3 is 0 Å². The fourth-order valence-electron chi connectivity index (χ4n) is 3.01. The minimum atomic E-state index is -0.102. The van der Waals surface area contributed by atoms with Gasteiger partial charge in [0.15, 0.2) is 10.8 Å². The molecule has 122 valence electrons. The summed E-state index contributed by atoms with van der Waals surface area (Å²) >= 11 is 1.41. The number of aryl methyl sites for hydroxylation is 1. The summed E-state index contributed by atoms with van der Waals surface area (Å²) in [4.78, 5) is 19.2. The highest BCUT2D eigenvalue weighted by Crippen LogP contribution is 2.37. The maximum atomic E-state index is 13.0. The van der Waals surface area contributed by atoms with Gasteiger partial charge in [0.25, 0.3) is 5.91 Å². The molecule has 3 heterocycles. The van der Waals surface area contributed by atoms with E-state index in [2.05, 4.69) is 4.98 Å². The van der Waals surface area contributed by atoms with E-state index < -0.39 is 0 Å². The largest absolute Gasteiger partial charge is 0.495 e. The molecule has 3 aromatic rings. The van der Waals surface area contributed by atoms with Crippen LogP contribution in [-0.2, 0) is 6.42 Å². The van der Waals surface area contributed by atoms with Crippen LogP contribution in [0.15, 0.2) is 46.4 Å². The van der Waals surface area contributed by atoms with Gasteiger partial charge in [-0.3, -0.25) is 4.79 Å². The number of amides is 1. The number of nitrogens with zero attached hydrogens (tertiary/aromatic N) is 2. The van der Waals surface area contributed by atoms with Crippen LogP contribution in [0.1, 0.15) is 22.5 Å². The standard InChI is InChI=1S/C18H16N2O3S/c1-22-14-7-2-5-12-6-3-9-20(16(12)14)18(21)13-11-24-17(19-13)15-8-4-10-23-15/h2,4-5,7-8,10-11H,3,6,9H2,1H3. The summed E-state index contributed by atoms with van der Waals surface area (Å²) in [5.41, 5.74) is 2.43. The number of furan rings is 1. The van der Waals surface area contributed by atoms with Gasteiger partial charge in [0.1, 0.15) is 11.4 Å². The molecule has 0 radical (unpaired) electrons. The molecule has 0 spiro atoms. The third-order valence-electron chi connectivity index (χ3n) is 4.10. The highest BCUT2D eigenvalue weighted by atomic mass is 32.1. The molecule has 0 N–H and O–H groups in total. The molecule has 24 heavy (non-hydrogen) atoms. The van der Waals surface area contributed by atoms with Crippen molar-refractivity contribution in [1.82, 2.24) is 4.98 Å². The van der Waals surface area contributed by atoms with Crippen LogP contribution in [0.3, 0.4) is 0 Å². The van der Waals surface area contributed by atoms with Gasteiger partial charge in [0.05, 0.1) is 19.1 Å². The quantitative estimate of drug-likeness (QED) is 0.723. The Bertz CT molecular complexity index is 856. The van der Waals surface area contributed by atoms with Crippen LogP contribution in [-0.4, -0.2) is 24.5 Å². The maximum absolute atomic E-state index is 13.0. The molecule has 5 nitrogen and oxygen atoms in total. The summed E-state index contributed by atoms with van der Waals surface area (Å²) in [7, 11) is 1.63. The van der Waals surface area contributed by atoms with Crippen molar-refractivity contribution in [3.8, 4) is 16.5 Å². The molecule has 1 amide bonds. The first-order valence-corrected chi connectivity index (χ1v) is 8.63. The molecular weight excluding hydrogens is 324 g/mol. The van der Waals surface area contributed by atoms with E-state index in [-0.39, 0.29) is 5.91 Å². The van der Waals surface area contributed by atoms with E-state index in [9.17, 15) is 4.79 Å². The normalized spacial score (nSPS) is 13.6. The molecule has 1 aliphatic rings. The van der Waals surface area contributed by atoms with Crippen LogP contribution in [0, 0.1) is 0 Å². The van der Waals surface area contributed by atoms with Crippen molar-refractivity contribution in [2.45, 2.75) is 12.8 Å². The van der Waals surface area contributed by atoms with Gasteiger partial charge in [-0.05, 0) is 36.6 Å². The van der Waals surface area contributed by atoms with E-state index in [1.807, 2.05) is 30.3 Å². The minimum absolute atomic E-state index is 0.102. The first-order valence-electron chi connectivity index (χ1n) is 7.75. The number of hydrogen-bond donors (Lipinski definition) is 0. The summed E-state index contributed by atoms with van der Waals surface area (Å²) in [6.45, 7) is 0.666. The van der Waals surface area contributed by atoms with E-state index >= 15 is 0 Å². The van der Waals surface area contributed by atoms with Crippen LogP contribution < -0.4 is 9.64 Å². The van der Waals surface area contributed by atoms with E-state index in [0.717, 1.165) is 29.8 Å². The Hall–Kier alpha value is -2.60. The van der Waals surface area contributed by atoms with Gasteiger partial charge in [-0.2, -0.15) is 0 Å². The van der Waals surface area contributed by atoms with Crippen molar-refractivity contribution in [3.05, 3.63) is 53.2 Å². The molecular formula is C18H16N2O3S. The number of para-hydroxylation sites is 1. The Kier molecular flexibility index (Phi) is 3.82. The number of ether oxygens (including phenoxy) is 1. The van der Waals surface area contributed by atoms with E-state index in [4.69, 9.17) is 9.15 Å². The smallest absolute Gasteiger partial charge is 0.277 e. The van der Waals surface area contributed by atoms with E-state index in [1.54, 1.807) is 23.7 Å². The Balaban J connectivity index is 1.69. The zero-order chi connectivity index (χ0) is 16.5. The number of fused-ring (bicyclic) bond motifs is 1. The Morgan fingerprint density at radius 1 is 1.33 bits per heavy atom. The molecule has 0 bridgehead atoms. The number of hydrogen-bond acceptors (Lipinski definition) is 5. The summed E-state index contributed by atoms with van der Waals surface area (Å²) in [5.74, 6) is 1.30. The van der Waals surface area contributed by atoms with E-state index in [1.165, 1.54) is 11.3 Å². The Morgan fingerprint density at radius 3 is 3.04 bits per heavy atom. The summed E-state index contributed by atoms with van der Waals surface area (Å²) in [6.07, 6.45) is 3.48. The van der Waals surface area contributed by atoms with Crippen LogP contribution >= 0.6 is 11.3 Å². The maximum Gasteiger partial charge on any atom is 0.277 e. The van der Waals surface area contributed by atoms with Crippen molar-refractivity contribution >= 4 is 22.9 Å². The molecule has 4 rings (SSSR count). The third-order valence-corrected chi connectivity index (χ3v) is 4.96. The van der Waals surface area contributed by atoms with Gasteiger partial charge in [-0.1, -0.05) is 12.1 Å². The van der Waals surface area contributed by atoms with Gasteiger partial charge in [0.2, 0.25) is 0 Å². The zero-order valence-electron chi connectivity index (χ0n) is 13.2.